The van der Waals surface area contributed by atoms with Crippen molar-refractivity contribution in [2.75, 3.05) is 5.32 Å². The highest BCUT2D eigenvalue weighted by Crippen LogP contribution is 2.34. The fourth-order valence-electron chi connectivity index (χ4n) is 5.06. The lowest BCUT2D eigenvalue weighted by atomic mass is 10.1. The van der Waals surface area contributed by atoms with Crippen molar-refractivity contribution >= 4 is 28.3 Å². The first-order valence-electron chi connectivity index (χ1n) is 12.0. The largest absolute Gasteiger partial charge is 0.348 e. The van der Waals surface area contributed by atoms with Gasteiger partial charge in [0.25, 0.3) is 17.0 Å². The number of hydrogen-bond acceptors (Lipinski definition) is 5. The van der Waals surface area contributed by atoms with Crippen molar-refractivity contribution in [1.82, 2.24) is 19.0 Å². The number of aryl methyl sites for hydroxylation is 2. The number of pyridine rings is 1. The zero-order valence-electron chi connectivity index (χ0n) is 20.5. The number of amides is 1. The fraction of sp³-hybridized carbons (Fsp3) is 0.259. The molecule has 2 aromatic carbocycles. The Morgan fingerprint density at radius 3 is 2.46 bits per heavy atom. The zero-order valence-corrected chi connectivity index (χ0v) is 20.5. The second-order valence-electron chi connectivity index (χ2n) is 9.72. The number of aromatic nitrogens is 3. The first-order chi connectivity index (χ1) is 17.7. The molecule has 0 radical (unpaired) electrons. The van der Waals surface area contributed by atoms with Crippen LogP contribution in [0.2, 0.25) is 0 Å². The molecule has 0 unspecified atom stereocenters. The monoisotopic (exact) mass is 501 g/mol. The predicted molar refractivity (Wildman–Crippen MR) is 138 cm³/mol. The lowest BCUT2D eigenvalue weighted by molar-refractivity contribution is 0.0965. The maximum Gasteiger partial charge on any atom is 0.336 e. The SMILES string of the molecule is Cc1ccc(Nc2c3c(=O)n(C4CC4)c(=O)n(-c4ccc5c(c4)CNC5=O)c3c(C)c(=O)n2C)c(F)c1. The molecule has 3 heterocycles. The van der Waals surface area contributed by atoms with Crippen LogP contribution < -0.4 is 27.4 Å². The van der Waals surface area contributed by atoms with E-state index < -0.39 is 22.6 Å². The van der Waals surface area contributed by atoms with Crippen molar-refractivity contribution in [2.24, 2.45) is 7.05 Å². The van der Waals surface area contributed by atoms with Crippen LogP contribution in [0.25, 0.3) is 16.6 Å². The van der Waals surface area contributed by atoms with Gasteiger partial charge in [-0.05, 0) is 68.1 Å². The second kappa shape index (κ2) is 8.02. The summed E-state index contributed by atoms with van der Waals surface area (Å²) in [6.07, 6.45) is 1.37. The maximum absolute atomic E-state index is 14.8. The topological polar surface area (TPSA) is 107 Å². The van der Waals surface area contributed by atoms with Crippen molar-refractivity contribution in [3.05, 3.63) is 95.7 Å². The summed E-state index contributed by atoms with van der Waals surface area (Å²) in [5.41, 5.74) is 1.33. The van der Waals surface area contributed by atoms with Crippen molar-refractivity contribution in [1.29, 1.82) is 0 Å². The average Bonchev–Trinajstić information content (AvgIpc) is 3.63. The molecule has 1 fully saturated rings. The molecule has 0 atom stereocenters. The van der Waals surface area contributed by atoms with Crippen LogP contribution in [0, 0.1) is 19.7 Å². The van der Waals surface area contributed by atoms with E-state index in [1.807, 2.05) is 0 Å². The number of anilines is 2. The molecule has 2 aromatic heterocycles. The number of nitrogens with one attached hydrogen (secondary N) is 2. The van der Waals surface area contributed by atoms with E-state index in [1.54, 1.807) is 44.2 Å². The first-order valence-corrected chi connectivity index (χ1v) is 12.0. The molecule has 4 aromatic rings. The summed E-state index contributed by atoms with van der Waals surface area (Å²) in [4.78, 5) is 53.1. The lowest BCUT2D eigenvalue weighted by Crippen LogP contribution is -2.41. The molecule has 1 aliphatic carbocycles. The van der Waals surface area contributed by atoms with Crippen LogP contribution in [-0.2, 0) is 13.6 Å². The van der Waals surface area contributed by atoms with Gasteiger partial charge < -0.3 is 10.6 Å². The van der Waals surface area contributed by atoms with E-state index in [-0.39, 0.29) is 39.9 Å². The summed E-state index contributed by atoms with van der Waals surface area (Å²) < 4.78 is 18.7. The molecule has 1 aliphatic heterocycles. The van der Waals surface area contributed by atoms with Gasteiger partial charge in [0.1, 0.15) is 17.0 Å². The molecule has 10 heteroatoms. The Labute approximate surface area is 209 Å². The van der Waals surface area contributed by atoms with Crippen LogP contribution in [0.5, 0.6) is 0 Å². The highest BCUT2D eigenvalue weighted by Gasteiger charge is 2.32. The molecular formula is C27H24FN5O4. The third-order valence-electron chi connectivity index (χ3n) is 7.16. The Balaban J connectivity index is 1.73. The van der Waals surface area contributed by atoms with Crippen LogP contribution >= 0.6 is 0 Å². The van der Waals surface area contributed by atoms with Crippen LogP contribution in [0.1, 0.15) is 45.9 Å². The molecule has 6 rings (SSSR count). The summed E-state index contributed by atoms with van der Waals surface area (Å²) in [6, 6.07) is 9.35. The molecule has 1 saturated carbocycles. The van der Waals surface area contributed by atoms with E-state index >= 15 is 0 Å². The zero-order chi connectivity index (χ0) is 26.2. The van der Waals surface area contributed by atoms with Gasteiger partial charge in [-0.2, -0.15) is 0 Å². The van der Waals surface area contributed by atoms with E-state index in [9.17, 15) is 23.6 Å². The Hall–Kier alpha value is -4.47. The number of fused-ring (bicyclic) bond motifs is 2. The third-order valence-corrected chi connectivity index (χ3v) is 7.16. The smallest absolute Gasteiger partial charge is 0.336 e. The quantitative estimate of drug-likeness (QED) is 0.447. The molecule has 0 spiro atoms. The number of carbonyl (C=O) groups excluding carboxylic acids is 1. The van der Waals surface area contributed by atoms with Crippen LogP contribution in [0.4, 0.5) is 15.9 Å². The summed E-state index contributed by atoms with van der Waals surface area (Å²) in [5, 5.41) is 5.83. The highest BCUT2D eigenvalue weighted by atomic mass is 19.1. The number of nitrogens with zero attached hydrogens (tertiary/aromatic N) is 3. The van der Waals surface area contributed by atoms with Crippen molar-refractivity contribution in [3.8, 4) is 5.69 Å². The molecule has 0 saturated heterocycles. The molecule has 0 bridgehead atoms. The van der Waals surface area contributed by atoms with Gasteiger partial charge in [-0.25, -0.2) is 9.18 Å². The average molecular weight is 502 g/mol. The van der Waals surface area contributed by atoms with Crippen LogP contribution in [0.15, 0.2) is 50.8 Å². The molecule has 1 amide bonds. The minimum absolute atomic E-state index is 0.0968. The van der Waals surface area contributed by atoms with Crippen molar-refractivity contribution < 1.29 is 9.18 Å². The highest BCUT2D eigenvalue weighted by molar-refractivity contribution is 5.99. The van der Waals surface area contributed by atoms with Gasteiger partial charge in [0.15, 0.2) is 0 Å². The normalized spacial score (nSPS) is 14.6. The molecule has 188 valence electrons. The second-order valence-corrected chi connectivity index (χ2v) is 9.72. The van der Waals surface area contributed by atoms with Crippen molar-refractivity contribution in [3.63, 3.8) is 0 Å². The number of carbonyl (C=O) groups is 1. The van der Waals surface area contributed by atoms with Gasteiger partial charge in [-0.3, -0.25) is 28.1 Å². The molecule has 9 nitrogen and oxygen atoms in total. The molecule has 2 aliphatic rings. The summed E-state index contributed by atoms with van der Waals surface area (Å²) >= 11 is 0. The van der Waals surface area contributed by atoms with Crippen LogP contribution in [0.3, 0.4) is 0 Å². The summed E-state index contributed by atoms with van der Waals surface area (Å²) in [7, 11) is 1.51. The van der Waals surface area contributed by atoms with Gasteiger partial charge in [0.05, 0.1) is 16.9 Å². The van der Waals surface area contributed by atoms with Gasteiger partial charge >= 0.3 is 5.69 Å². The van der Waals surface area contributed by atoms with Crippen molar-refractivity contribution in [2.45, 2.75) is 39.3 Å². The Kier molecular flexibility index (Phi) is 4.98. The Bertz CT molecular complexity index is 1850. The van der Waals surface area contributed by atoms with Gasteiger partial charge in [-0.1, -0.05) is 6.07 Å². The number of halogens is 1. The first kappa shape index (κ1) is 23.0. The number of benzene rings is 2. The molecule has 2 N–H and O–H groups in total. The van der Waals surface area contributed by atoms with Gasteiger partial charge in [0, 0.05) is 30.8 Å². The van der Waals surface area contributed by atoms with E-state index in [4.69, 9.17) is 0 Å². The molecular weight excluding hydrogens is 477 g/mol. The van der Waals surface area contributed by atoms with E-state index in [2.05, 4.69) is 10.6 Å². The van der Waals surface area contributed by atoms with Gasteiger partial charge in [-0.15, -0.1) is 0 Å². The van der Waals surface area contributed by atoms with E-state index in [0.717, 1.165) is 5.56 Å². The number of rotatable bonds is 4. The van der Waals surface area contributed by atoms with Gasteiger partial charge in [0.2, 0.25) is 0 Å². The summed E-state index contributed by atoms with van der Waals surface area (Å²) in [6.45, 7) is 3.64. The lowest BCUT2D eigenvalue weighted by Gasteiger charge is -2.21. The Morgan fingerprint density at radius 1 is 1.00 bits per heavy atom. The van der Waals surface area contributed by atoms with E-state index in [1.165, 1.54) is 26.8 Å². The standard InChI is InChI=1S/C27H24FN5O4/c1-13-4-9-20(19(28)10-13)30-23-21-22(14(2)25(35)31(23)3)32(27(37)33(26(21)36)16-5-6-16)17-7-8-18-15(11-17)12-29-24(18)34/h4,7-11,16,30H,5-6,12H2,1-3H3,(H,29,34). The predicted octanol–water partition coefficient (Wildman–Crippen LogP) is 2.93. The Morgan fingerprint density at radius 2 is 1.76 bits per heavy atom. The van der Waals surface area contributed by atoms with Crippen LogP contribution in [-0.4, -0.2) is 19.6 Å². The fourth-order valence-corrected chi connectivity index (χ4v) is 5.06. The minimum Gasteiger partial charge on any atom is -0.348 e. The van der Waals surface area contributed by atoms with E-state index in [0.29, 0.717) is 36.2 Å². The molecule has 37 heavy (non-hydrogen) atoms. The third kappa shape index (κ3) is 3.43. The number of hydrogen-bond donors (Lipinski definition) is 2. The summed E-state index contributed by atoms with van der Waals surface area (Å²) in [5.74, 6) is -0.634. The minimum atomic E-state index is -0.555. The maximum atomic E-state index is 14.8.